The van der Waals surface area contributed by atoms with Crippen molar-refractivity contribution >= 4 is 53.2 Å². The Kier molecular flexibility index (Phi) is 10.9. The number of carboxylic acid groups (broad SMARTS) is 2. The molecule has 5 atom stereocenters. The Bertz CT molecular complexity index is 1140. The quantitative estimate of drug-likeness (QED) is 0.155. The van der Waals surface area contributed by atoms with Gasteiger partial charge in [-0.1, -0.05) is 38.5 Å². The molecule has 8 N–H and O–H groups in total. The number of nitrogens with two attached hydrogens (primary N) is 1. The maximum Gasteiger partial charge on any atom is 0.326 e. The highest BCUT2D eigenvalue weighted by Crippen LogP contribution is 2.19. The van der Waals surface area contributed by atoms with Crippen molar-refractivity contribution < 1.29 is 34.2 Å². The van der Waals surface area contributed by atoms with Crippen molar-refractivity contribution in [2.75, 3.05) is 5.75 Å². The Morgan fingerprint density at radius 1 is 1.00 bits per heavy atom. The Labute approximate surface area is 219 Å². The van der Waals surface area contributed by atoms with E-state index in [1.54, 1.807) is 20.0 Å². The van der Waals surface area contributed by atoms with Crippen molar-refractivity contribution in [2.45, 2.75) is 57.3 Å². The van der Waals surface area contributed by atoms with Crippen molar-refractivity contribution in [1.82, 2.24) is 20.9 Å². The minimum atomic E-state index is -1.38. The van der Waals surface area contributed by atoms with Gasteiger partial charge in [-0.3, -0.25) is 19.2 Å². The molecule has 2 aromatic rings. The van der Waals surface area contributed by atoms with Crippen LogP contribution >= 0.6 is 12.6 Å². The first-order valence-corrected chi connectivity index (χ1v) is 12.4. The second-order valence-electron chi connectivity index (χ2n) is 8.78. The number of fused-ring (bicyclic) bond motifs is 1. The monoisotopic (exact) mass is 535 g/mol. The third-order valence-corrected chi connectivity index (χ3v) is 6.42. The predicted octanol–water partition coefficient (Wildman–Crippen LogP) is 0.0273. The van der Waals surface area contributed by atoms with Crippen LogP contribution in [0, 0.1) is 5.92 Å². The van der Waals surface area contributed by atoms with E-state index in [4.69, 9.17) is 10.8 Å². The number of benzene rings is 1. The SMILES string of the molecule is CCC(C)C(NC(=O)C(Cc1c[nH]c2ccccc12)NC(=O)C(CS)NC(=O)C(N)CC(=O)O)C(=O)O. The summed E-state index contributed by atoms with van der Waals surface area (Å²) in [7, 11) is 0. The van der Waals surface area contributed by atoms with Crippen LogP contribution in [0.5, 0.6) is 0 Å². The first-order valence-electron chi connectivity index (χ1n) is 11.8. The number of rotatable bonds is 14. The molecule has 5 unspecified atom stereocenters. The molecule has 0 radical (unpaired) electrons. The normalized spacial score (nSPS) is 15.1. The van der Waals surface area contributed by atoms with Crippen molar-refractivity contribution in [3.8, 4) is 0 Å². The average Bonchev–Trinajstić information content (AvgIpc) is 3.26. The molecular formula is C24H33N5O7S. The molecule has 0 fully saturated rings. The van der Waals surface area contributed by atoms with E-state index in [1.807, 2.05) is 24.3 Å². The molecule has 0 aliphatic carbocycles. The number of amides is 3. The van der Waals surface area contributed by atoms with Crippen molar-refractivity contribution in [3.63, 3.8) is 0 Å². The van der Waals surface area contributed by atoms with E-state index in [0.717, 1.165) is 10.9 Å². The molecule has 1 aromatic heterocycles. The number of carbonyl (C=O) groups excluding carboxylic acids is 3. The summed E-state index contributed by atoms with van der Waals surface area (Å²) in [6, 6.07) is 2.39. The summed E-state index contributed by atoms with van der Waals surface area (Å²) in [4.78, 5) is 64.2. The van der Waals surface area contributed by atoms with Gasteiger partial charge in [-0.15, -0.1) is 0 Å². The van der Waals surface area contributed by atoms with Gasteiger partial charge in [0.05, 0.1) is 12.5 Å². The van der Waals surface area contributed by atoms with Crippen molar-refractivity contribution in [3.05, 3.63) is 36.0 Å². The number of carbonyl (C=O) groups is 5. The maximum atomic E-state index is 13.2. The third-order valence-electron chi connectivity index (χ3n) is 6.06. The first-order chi connectivity index (χ1) is 17.5. The number of aromatic amines is 1. The molecule has 12 nitrogen and oxygen atoms in total. The number of carboxylic acids is 2. The minimum Gasteiger partial charge on any atom is -0.481 e. The van der Waals surface area contributed by atoms with Crippen molar-refractivity contribution in [2.24, 2.45) is 11.7 Å². The predicted molar refractivity (Wildman–Crippen MR) is 139 cm³/mol. The van der Waals surface area contributed by atoms with E-state index in [9.17, 15) is 29.1 Å². The summed E-state index contributed by atoms with van der Waals surface area (Å²) in [5.74, 6) is -5.35. The molecule has 37 heavy (non-hydrogen) atoms. The van der Waals surface area contributed by atoms with E-state index in [0.29, 0.717) is 12.0 Å². The van der Waals surface area contributed by atoms with E-state index >= 15 is 0 Å². The Hall–Kier alpha value is -3.58. The van der Waals surface area contributed by atoms with E-state index in [1.165, 1.54) is 0 Å². The van der Waals surface area contributed by atoms with Crippen LogP contribution in [0.25, 0.3) is 10.9 Å². The molecule has 0 saturated carbocycles. The molecular weight excluding hydrogens is 502 g/mol. The lowest BCUT2D eigenvalue weighted by atomic mass is 9.98. The molecule has 202 valence electrons. The molecule has 1 aromatic carbocycles. The molecule has 0 saturated heterocycles. The van der Waals surface area contributed by atoms with Gasteiger partial charge in [-0.25, -0.2) is 4.79 Å². The zero-order chi connectivity index (χ0) is 27.7. The van der Waals surface area contributed by atoms with Gasteiger partial charge in [0.2, 0.25) is 17.7 Å². The summed E-state index contributed by atoms with van der Waals surface area (Å²) < 4.78 is 0. The van der Waals surface area contributed by atoms with Crippen molar-refractivity contribution in [1.29, 1.82) is 0 Å². The fourth-order valence-electron chi connectivity index (χ4n) is 3.69. The first kappa shape index (κ1) is 29.6. The Balaban J connectivity index is 2.28. The maximum absolute atomic E-state index is 13.2. The van der Waals surface area contributed by atoms with Gasteiger partial charge in [0.15, 0.2) is 0 Å². The fraction of sp³-hybridized carbons (Fsp3) is 0.458. The molecule has 0 aliphatic rings. The number of aromatic nitrogens is 1. The molecule has 0 bridgehead atoms. The Morgan fingerprint density at radius 2 is 1.62 bits per heavy atom. The van der Waals surface area contributed by atoms with Crippen LogP contribution in [0.2, 0.25) is 0 Å². The smallest absolute Gasteiger partial charge is 0.326 e. The topological polar surface area (TPSA) is 204 Å². The van der Waals surface area contributed by atoms with Crippen LogP contribution in [0.4, 0.5) is 0 Å². The van der Waals surface area contributed by atoms with Gasteiger partial charge in [0, 0.05) is 29.3 Å². The van der Waals surface area contributed by atoms with Gasteiger partial charge in [0.1, 0.15) is 18.1 Å². The number of thiol groups is 1. The lowest BCUT2D eigenvalue weighted by molar-refractivity contribution is -0.143. The molecule has 1 heterocycles. The van der Waals surface area contributed by atoms with Gasteiger partial charge in [0.25, 0.3) is 0 Å². The number of aliphatic carboxylic acids is 2. The highest BCUT2D eigenvalue weighted by molar-refractivity contribution is 7.80. The molecule has 0 aliphatic heterocycles. The van der Waals surface area contributed by atoms with Gasteiger partial charge in [-0.05, 0) is 17.5 Å². The highest BCUT2D eigenvalue weighted by Gasteiger charge is 2.32. The van der Waals surface area contributed by atoms with E-state index in [-0.39, 0.29) is 18.1 Å². The van der Waals surface area contributed by atoms with Gasteiger partial charge in [-0.2, -0.15) is 12.6 Å². The summed E-state index contributed by atoms with van der Waals surface area (Å²) >= 11 is 4.09. The molecule has 0 spiro atoms. The van der Waals surface area contributed by atoms with Crippen LogP contribution in [0.1, 0.15) is 32.3 Å². The zero-order valence-electron chi connectivity index (χ0n) is 20.6. The van der Waals surface area contributed by atoms with Crippen LogP contribution in [0.3, 0.4) is 0 Å². The second kappa shape index (κ2) is 13.7. The number of hydrogen-bond acceptors (Lipinski definition) is 7. The van der Waals surface area contributed by atoms with Gasteiger partial charge >= 0.3 is 11.9 Å². The van der Waals surface area contributed by atoms with Crippen LogP contribution in [-0.2, 0) is 30.4 Å². The minimum absolute atomic E-state index is 0.0280. The summed E-state index contributed by atoms with van der Waals surface area (Å²) in [6.07, 6.45) is 1.59. The molecule has 3 amide bonds. The highest BCUT2D eigenvalue weighted by atomic mass is 32.1. The summed E-state index contributed by atoms with van der Waals surface area (Å²) in [5.41, 5.74) is 7.09. The number of H-pyrrole nitrogens is 1. The molecule has 2 rings (SSSR count). The van der Waals surface area contributed by atoms with E-state index in [2.05, 4.69) is 33.6 Å². The van der Waals surface area contributed by atoms with E-state index < -0.39 is 60.2 Å². The summed E-state index contributed by atoms with van der Waals surface area (Å²) in [6.45, 7) is 3.49. The second-order valence-corrected chi connectivity index (χ2v) is 9.15. The number of nitrogens with one attached hydrogen (secondary N) is 4. The van der Waals surface area contributed by atoms with Crippen LogP contribution in [0.15, 0.2) is 30.5 Å². The number of hydrogen-bond donors (Lipinski definition) is 8. The Morgan fingerprint density at radius 3 is 2.22 bits per heavy atom. The van der Waals surface area contributed by atoms with Crippen LogP contribution in [-0.4, -0.2) is 74.8 Å². The lowest BCUT2D eigenvalue weighted by Crippen LogP contribution is -2.58. The van der Waals surface area contributed by atoms with Gasteiger partial charge < -0.3 is 36.9 Å². The van der Waals surface area contributed by atoms with Crippen LogP contribution < -0.4 is 21.7 Å². The standard InChI is InChI=1S/C24H33N5O7S/c1-3-12(2)20(24(35)36)29-22(33)17(8-13-10-26-16-7-5-4-6-14(13)16)27-23(34)18(11-37)28-21(32)15(25)9-19(30)31/h4-7,10,12,15,17-18,20,26,37H,3,8-9,11,25H2,1-2H3,(H,27,34)(H,28,32)(H,29,33)(H,30,31)(H,35,36). The average molecular weight is 536 g/mol. The lowest BCUT2D eigenvalue weighted by Gasteiger charge is -2.26. The fourth-order valence-corrected chi connectivity index (χ4v) is 3.95. The number of para-hydroxylation sites is 1. The third kappa shape index (κ3) is 8.22. The zero-order valence-corrected chi connectivity index (χ0v) is 21.5. The summed E-state index contributed by atoms with van der Waals surface area (Å²) in [5, 5.41) is 26.7. The largest absolute Gasteiger partial charge is 0.481 e. The molecule has 13 heteroatoms.